The van der Waals surface area contributed by atoms with Crippen LogP contribution < -0.4 is 0 Å². The van der Waals surface area contributed by atoms with Crippen molar-refractivity contribution in [1.29, 1.82) is 0 Å². The third-order valence-corrected chi connectivity index (χ3v) is 4.17. The van der Waals surface area contributed by atoms with Gasteiger partial charge in [0.2, 0.25) is 0 Å². The minimum atomic E-state index is -1.64. The minimum Gasteiger partial charge on any atom is -0.294 e. The van der Waals surface area contributed by atoms with E-state index in [1.807, 2.05) is 6.07 Å². The number of benzene rings is 1. The molecule has 0 radical (unpaired) electrons. The highest BCUT2D eigenvalue weighted by molar-refractivity contribution is 6.09. The lowest BCUT2D eigenvalue weighted by Gasteiger charge is -2.40. The van der Waals surface area contributed by atoms with Crippen molar-refractivity contribution >= 4 is 17.4 Å². The molecule has 3 rings (SSSR count). The number of carbonyl (C=O) groups is 2. The number of hydrazine groups is 1. The van der Waals surface area contributed by atoms with E-state index in [0.29, 0.717) is 11.3 Å². The highest BCUT2D eigenvalue weighted by atomic mass is 16.6. The minimum absolute atomic E-state index is 0.0258. The van der Waals surface area contributed by atoms with Gasteiger partial charge in [0.1, 0.15) is 5.57 Å². The van der Waals surface area contributed by atoms with Gasteiger partial charge < -0.3 is 0 Å². The van der Waals surface area contributed by atoms with E-state index in [0.717, 1.165) is 12.8 Å². The van der Waals surface area contributed by atoms with Crippen LogP contribution in [-0.2, 0) is 9.59 Å². The van der Waals surface area contributed by atoms with Crippen molar-refractivity contribution < 1.29 is 14.5 Å². The quantitative estimate of drug-likeness (QED) is 0.621. The maximum Gasteiger partial charge on any atom is 0.322 e. The molecule has 0 aromatic heterocycles. The molecule has 7 heteroatoms. The molecule has 1 fully saturated rings. The topological polar surface area (TPSA) is 83.8 Å². The van der Waals surface area contributed by atoms with Crippen molar-refractivity contribution in [1.82, 2.24) is 10.0 Å². The van der Waals surface area contributed by atoms with E-state index >= 15 is 0 Å². The summed E-state index contributed by atoms with van der Waals surface area (Å²) >= 11 is 0. The first-order chi connectivity index (χ1) is 10.9. The van der Waals surface area contributed by atoms with Gasteiger partial charge in [-0.25, -0.2) is 5.01 Å². The Morgan fingerprint density at radius 2 is 1.87 bits per heavy atom. The van der Waals surface area contributed by atoms with E-state index in [1.54, 1.807) is 36.3 Å². The molecular weight excluding hydrogens is 298 g/mol. The van der Waals surface area contributed by atoms with Crippen molar-refractivity contribution in [2.24, 2.45) is 0 Å². The monoisotopic (exact) mass is 315 g/mol. The summed E-state index contributed by atoms with van der Waals surface area (Å²) in [7, 11) is 1.68. The molecule has 1 amide bonds. The highest BCUT2D eigenvalue weighted by Crippen LogP contribution is 2.38. The Labute approximate surface area is 133 Å². The summed E-state index contributed by atoms with van der Waals surface area (Å²) in [5, 5.41) is 14.5. The number of rotatable bonds is 4. The standard InChI is InChI=1S/C16H17N3O4/c1-10(20)13-14(11-6-4-3-5-7-11)17(2)18(12-8-9-12)16(21)15(13)19(22)23/h3-7,12,15H,8-9H2,1-2H3. The zero-order valence-corrected chi connectivity index (χ0v) is 12.9. The molecule has 0 N–H and O–H groups in total. The van der Waals surface area contributed by atoms with Gasteiger partial charge in [-0.2, -0.15) is 0 Å². The van der Waals surface area contributed by atoms with Gasteiger partial charge in [0.15, 0.2) is 5.78 Å². The first kappa shape index (κ1) is 15.2. The molecular formula is C16H17N3O4. The number of carbonyl (C=O) groups excluding carboxylic acids is 2. The van der Waals surface area contributed by atoms with E-state index in [-0.39, 0.29) is 11.6 Å². The van der Waals surface area contributed by atoms with Crippen molar-refractivity contribution in [3.63, 3.8) is 0 Å². The predicted molar refractivity (Wildman–Crippen MR) is 82.5 cm³/mol. The molecule has 0 bridgehead atoms. The molecule has 1 aliphatic heterocycles. The van der Waals surface area contributed by atoms with Crippen LogP contribution >= 0.6 is 0 Å². The number of hydrogen-bond donors (Lipinski definition) is 0. The first-order valence-electron chi connectivity index (χ1n) is 7.44. The van der Waals surface area contributed by atoms with Crippen LogP contribution in [0.15, 0.2) is 35.9 Å². The summed E-state index contributed by atoms with van der Waals surface area (Å²) in [5.41, 5.74) is 1.07. The van der Waals surface area contributed by atoms with Crippen LogP contribution in [0.5, 0.6) is 0 Å². The van der Waals surface area contributed by atoms with Crippen molar-refractivity contribution in [2.45, 2.75) is 31.8 Å². The number of nitrogens with zero attached hydrogens (tertiary/aromatic N) is 3. The molecule has 23 heavy (non-hydrogen) atoms. The van der Waals surface area contributed by atoms with Crippen LogP contribution in [0.2, 0.25) is 0 Å². The molecule has 7 nitrogen and oxygen atoms in total. The molecule has 1 saturated carbocycles. The lowest BCUT2D eigenvalue weighted by Crippen LogP contribution is -2.56. The molecule has 1 heterocycles. The van der Waals surface area contributed by atoms with Crippen molar-refractivity contribution in [3.8, 4) is 0 Å². The van der Waals surface area contributed by atoms with Gasteiger partial charge in [-0.05, 0) is 19.8 Å². The third kappa shape index (κ3) is 2.48. The van der Waals surface area contributed by atoms with Gasteiger partial charge in [-0.1, -0.05) is 30.3 Å². The van der Waals surface area contributed by atoms with Crippen LogP contribution in [0.1, 0.15) is 25.3 Å². The predicted octanol–water partition coefficient (Wildman–Crippen LogP) is 1.48. The zero-order chi connectivity index (χ0) is 16.7. The molecule has 1 aromatic rings. The first-order valence-corrected chi connectivity index (χ1v) is 7.44. The third-order valence-electron chi connectivity index (χ3n) is 4.17. The van der Waals surface area contributed by atoms with E-state index < -0.39 is 22.7 Å². The Hall–Kier alpha value is -2.70. The molecule has 2 aliphatic rings. The van der Waals surface area contributed by atoms with Crippen LogP contribution in [0.25, 0.3) is 5.70 Å². The fourth-order valence-electron chi connectivity index (χ4n) is 3.05. The number of nitro groups is 1. The Morgan fingerprint density at radius 3 is 2.35 bits per heavy atom. The van der Waals surface area contributed by atoms with Gasteiger partial charge >= 0.3 is 11.9 Å². The fourth-order valence-corrected chi connectivity index (χ4v) is 3.05. The number of hydrogen-bond acceptors (Lipinski definition) is 5. The number of ketones is 1. The molecule has 1 atom stereocenters. The van der Waals surface area contributed by atoms with Crippen LogP contribution in [-0.4, -0.2) is 45.8 Å². The lowest BCUT2D eigenvalue weighted by atomic mass is 9.94. The smallest absolute Gasteiger partial charge is 0.294 e. The molecule has 1 aliphatic carbocycles. The average molecular weight is 315 g/mol. The van der Waals surface area contributed by atoms with E-state index in [2.05, 4.69) is 0 Å². The largest absolute Gasteiger partial charge is 0.322 e. The number of amides is 1. The second-order valence-corrected chi connectivity index (χ2v) is 5.81. The average Bonchev–Trinajstić information content (AvgIpc) is 3.31. The Morgan fingerprint density at radius 1 is 1.26 bits per heavy atom. The Bertz CT molecular complexity index is 709. The van der Waals surface area contributed by atoms with E-state index in [4.69, 9.17) is 0 Å². The summed E-state index contributed by atoms with van der Waals surface area (Å²) in [5.74, 6) is -1.09. The maximum atomic E-state index is 12.6. The molecule has 0 saturated heterocycles. The lowest BCUT2D eigenvalue weighted by molar-refractivity contribution is -0.500. The normalized spacial score (nSPS) is 21.7. The summed E-state index contributed by atoms with van der Waals surface area (Å²) in [6, 6.07) is 7.33. The maximum absolute atomic E-state index is 12.6. The van der Waals surface area contributed by atoms with Gasteiger partial charge in [0.25, 0.3) is 0 Å². The van der Waals surface area contributed by atoms with Crippen molar-refractivity contribution in [2.75, 3.05) is 7.05 Å². The summed E-state index contributed by atoms with van der Waals surface area (Å²) in [6.07, 6.45) is 1.63. The van der Waals surface area contributed by atoms with E-state index in [1.165, 1.54) is 11.9 Å². The molecule has 1 unspecified atom stereocenters. The summed E-state index contributed by atoms with van der Waals surface area (Å²) in [4.78, 5) is 35.6. The fraction of sp³-hybridized carbons (Fsp3) is 0.375. The molecule has 1 aromatic carbocycles. The second-order valence-electron chi connectivity index (χ2n) is 5.81. The van der Waals surface area contributed by atoms with Gasteiger partial charge in [0, 0.05) is 17.5 Å². The highest BCUT2D eigenvalue weighted by Gasteiger charge is 2.52. The Balaban J connectivity index is 2.24. The van der Waals surface area contributed by atoms with Gasteiger partial charge in [0.05, 0.1) is 11.7 Å². The van der Waals surface area contributed by atoms with Crippen LogP contribution in [0.4, 0.5) is 0 Å². The van der Waals surface area contributed by atoms with Gasteiger partial charge in [-0.15, -0.1) is 0 Å². The van der Waals surface area contributed by atoms with Crippen molar-refractivity contribution in [3.05, 3.63) is 51.6 Å². The SMILES string of the molecule is CC(=O)C1=C(c2ccccc2)N(C)N(C2CC2)C(=O)C1[N+](=O)[O-]. The number of Topliss-reactive ketones (excluding diaryl/α,β-unsaturated/α-hetero) is 1. The molecule has 120 valence electrons. The molecule has 0 spiro atoms. The van der Waals surface area contributed by atoms with Crippen LogP contribution in [0.3, 0.4) is 0 Å². The van der Waals surface area contributed by atoms with Gasteiger partial charge in [-0.3, -0.25) is 24.7 Å². The summed E-state index contributed by atoms with van der Waals surface area (Å²) < 4.78 is 0. The van der Waals surface area contributed by atoms with E-state index in [9.17, 15) is 19.7 Å². The van der Waals surface area contributed by atoms with Crippen LogP contribution in [0, 0.1) is 10.1 Å². The zero-order valence-electron chi connectivity index (χ0n) is 12.9. The summed E-state index contributed by atoms with van der Waals surface area (Å²) in [6.45, 7) is 1.27. The second kappa shape index (κ2) is 5.49. The Kier molecular flexibility index (Phi) is 3.63.